The van der Waals surface area contributed by atoms with Crippen molar-refractivity contribution in [2.75, 3.05) is 7.11 Å². The number of nitrogens with zero attached hydrogens (tertiary/aromatic N) is 2. The van der Waals surface area contributed by atoms with E-state index in [-0.39, 0.29) is 5.78 Å². The molecule has 0 saturated heterocycles. The standard InChI is InChI=1S/C16H16N2O4S/c1-8-12(15(20)21-4)13(11-6-5-7-22-11)18-9(2)14(10(3)19)23-16(18)17-8/h5-7,13H,1-4H3. The molecule has 7 heteroatoms. The van der Waals surface area contributed by atoms with E-state index in [1.807, 2.05) is 11.8 Å². The molecule has 1 unspecified atom stereocenters. The molecule has 2 aliphatic rings. The second kappa shape index (κ2) is 5.73. The summed E-state index contributed by atoms with van der Waals surface area (Å²) < 4.78 is 10.5. The number of Topliss-reactive ketones (excluding diaryl/α,β-unsaturated/α-hetero) is 1. The Labute approximate surface area is 137 Å². The van der Waals surface area contributed by atoms with Crippen molar-refractivity contribution in [1.82, 2.24) is 4.90 Å². The van der Waals surface area contributed by atoms with Gasteiger partial charge in [-0.15, -0.1) is 0 Å². The Morgan fingerprint density at radius 2 is 2.13 bits per heavy atom. The van der Waals surface area contributed by atoms with Crippen LogP contribution >= 0.6 is 11.8 Å². The van der Waals surface area contributed by atoms with Crippen molar-refractivity contribution >= 4 is 28.7 Å². The maximum atomic E-state index is 12.3. The van der Waals surface area contributed by atoms with Crippen molar-refractivity contribution in [3.05, 3.63) is 46.0 Å². The summed E-state index contributed by atoms with van der Waals surface area (Å²) in [5.41, 5.74) is 1.74. The van der Waals surface area contributed by atoms with E-state index >= 15 is 0 Å². The van der Waals surface area contributed by atoms with Crippen LogP contribution in [-0.4, -0.2) is 28.9 Å². The SMILES string of the molecule is COC(=O)C1=C(C)N=C2SC(C(C)=O)=C(C)N2C1c1ccco1. The number of esters is 1. The molecule has 1 aromatic rings. The summed E-state index contributed by atoms with van der Waals surface area (Å²) in [4.78, 5) is 31.1. The molecule has 120 valence electrons. The predicted molar refractivity (Wildman–Crippen MR) is 86.4 cm³/mol. The minimum absolute atomic E-state index is 0.0277. The molecule has 0 aliphatic carbocycles. The molecule has 0 aromatic carbocycles. The molecular weight excluding hydrogens is 316 g/mol. The van der Waals surface area contributed by atoms with E-state index in [0.717, 1.165) is 5.70 Å². The summed E-state index contributed by atoms with van der Waals surface area (Å²) in [6.07, 6.45) is 1.55. The van der Waals surface area contributed by atoms with Crippen LogP contribution in [0.25, 0.3) is 0 Å². The molecule has 3 heterocycles. The minimum Gasteiger partial charge on any atom is -0.467 e. The topological polar surface area (TPSA) is 72.1 Å². The number of methoxy groups -OCH3 is 1. The van der Waals surface area contributed by atoms with Crippen molar-refractivity contribution in [2.45, 2.75) is 26.8 Å². The third-order valence-electron chi connectivity index (χ3n) is 3.81. The number of ether oxygens (including phenoxy) is 1. The van der Waals surface area contributed by atoms with Crippen LogP contribution in [0, 0.1) is 0 Å². The zero-order valence-corrected chi connectivity index (χ0v) is 14.1. The van der Waals surface area contributed by atoms with Crippen LogP contribution in [0.2, 0.25) is 0 Å². The van der Waals surface area contributed by atoms with Crippen molar-refractivity contribution in [1.29, 1.82) is 0 Å². The summed E-state index contributed by atoms with van der Waals surface area (Å²) in [5.74, 6) is 0.114. The Balaban J connectivity index is 2.19. The Morgan fingerprint density at radius 3 is 2.70 bits per heavy atom. The van der Waals surface area contributed by atoms with Gasteiger partial charge in [-0.3, -0.25) is 4.79 Å². The summed E-state index contributed by atoms with van der Waals surface area (Å²) >= 11 is 1.31. The molecule has 3 rings (SSSR count). The van der Waals surface area contributed by atoms with Crippen LogP contribution in [0.5, 0.6) is 0 Å². The fourth-order valence-corrected chi connectivity index (χ4v) is 3.89. The highest BCUT2D eigenvalue weighted by atomic mass is 32.2. The molecule has 1 atom stereocenters. The summed E-state index contributed by atoms with van der Waals surface area (Å²) in [7, 11) is 1.34. The lowest BCUT2D eigenvalue weighted by Gasteiger charge is -2.33. The van der Waals surface area contributed by atoms with E-state index in [2.05, 4.69) is 4.99 Å². The van der Waals surface area contributed by atoms with E-state index < -0.39 is 12.0 Å². The first-order valence-corrected chi connectivity index (χ1v) is 7.87. The molecule has 2 aliphatic heterocycles. The third kappa shape index (κ3) is 2.41. The van der Waals surface area contributed by atoms with Gasteiger partial charge in [0.2, 0.25) is 0 Å². The lowest BCUT2D eigenvalue weighted by molar-refractivity contribution is -0.136. The average molecular weight is 332 g/mol. The molecular formula is C16H16N2O4S. The molecule has 1 aromatic heterocycles. The summed E-state index contributed by atoms with van der Waals surface area (Å²) in [6.45, 7) is 5.13. The van der Waals surface area contributed by atoms with Gasteiger partial charge in [-0.05, 0) is 44.7 Å². The largest absolute Gasteiger partial charge is 0.467 e. The van der Waals surface area contributed by atoms with Gasteiger partial charge in [0.25, 0.3) is 0 Å². The second-order valence-corrected chi connectivity index (χ2v) is 6.22. The number of furan rings is 1. The fourth-order valence-electron chi connectivity index (χ4n) is 2.79. The zero-order valence-electron chi connectivity index (χ0n) is 13.2. The molecule has 0 N–H and O–H groups in total. The maximum Gasteiger partial charge on any atom is 0.338 e. The molecule has 0 spiro atoms. The number of carbonyl (C=O) groups is 2. The molecule has 23 heavy (non-hydrogen) atoms. The molecule has 0 radical (unpaired) electrons. The third-order valence-corrected chi connectivity index (χ3v) is 5.07. The van der Waals surface area contributed by atoms with Crippen molar-refractivity contribution in [2.24, 2.45) is 4.99 Å². The number of rotatable bonds is 3. The van der Waals surface area contributed by atoms with Gasteiger partial charge in [-0.25, -0.2) is 9.79 Å². The van der Waals surface area contributed by atoms with Gasteiger partial charge in [0.15, 0.2) is 11.0 Å². The molecule has 0 saturated carbocycles. The number of hydrogen-bond donors (Lipinski definition) is 0. The quantitative estimate of drug-likeness (QED) is 0.792. The van der Waals surface area contributed by atoms with Crippen LogP contribution in [0.3, 0.4) is 0 Å². The van der Waals surface area contributed by atoms with Gasteiger partial charge in [0.1, 0.15) is 11.8 Å². The molecule has 0 bridgehead atoms. The Hall–Kier alpha value is -2.28. The van der Waals surface area contributed by atoms with Crippen molar-refractivity contribution in [3.63, 3.8) is 0 Å². The van der Waals surface area contributed by atoms with Crippen molar-refractivity contribution < 1.29 is 18.7 Å². The Kier molecular flexibility index (Phi) is 3.89. The van der Waals surface area contributed by atoms with Gasteiger partial charge >= 0.3 is 5.97 Å². The van der Waals surface area contributed by atoms with Gasteiger partial charge in [-0.2, -0.15) is 0 Å². The van der Waals surface area contributed by atoms with Crippen molar-refractivity contribution in [3.8, 4) is 0 Å². The van der Waals surface area contributed by atoms with Gasteiger partial charge in [-0.1, -0.05) is 0 Å². The van der Waals surface area contributed by atoms with Gasteiger partial charge in [0.05, 0.1) is 29.5 Å². The number of fused-ring (bicyclic) bond motifs is 1. The maximum absolute atomic E-state index is 12.3. The number of carbonyl (C=O) groups excluding carboxylic acids is 2. The lowest BCUT2D eigenvalue weighted by Crippen LogP contribution is -2.35. The Bertz CT molecular complexity index is 774. The number of allylic oxidation sites excluding steroid dienone is 3. The highest BCUT2D eigenvalue weighted by Gasteiger charge is 2.43. The summed E-state index contributed by atoms with van der Waals surface area (Å²) in [5, 5.41) is 0.666. The van der Waals surface area contributed by atoms with Crippen LogP contribution in [0.1, 0.15) is 32.6 Å². The van der Waals surface area contributed by atoms with E-state index in [9.17, 15) is 9.59 Å². The van der Waals surface area contributed by atoms with Crippen LogP contribution < -0.4 is 0 Å². The minimum atomic E-state index is -0.491. The zero-order chi connectivity index (χ0) is 16.7. The number of aliphatic imine (C=N–C) groups is 1. The molecule has 0 fully saturated rings. The monoisotopic (exact) mass is 332 g/mol. The number of thioether (sulfide) groups is 1. The van der Waals surface area contributed by atoms with Crippen LogP contribution in [-0.2, 0) is 14.3 Å². The van der Waals surface area contributed by atoms with Gasteiger partial charge < -0.3 is 14.1 Å². The second-order valence-electron chi connectivity index (χ2n) is 5.25. The first kappa shape index (κ1) is 15.6. The summed E-state index contributed by atoms with van der Waals surface area (Å²) in [6, 6.07) is 3.07. The first-order valence-electron chi connectivity index (χ1n) is 7.05. The highest BCUT2D eigenvalue weighted by molar-refractivity contribution is 8.18. The van der Waals surface area contributed by atoms with E-state index in [1.54, 1.807) is 25.3 Å². The molecule has 0 amide bonds. The van der Waals surface area contributed by atoms with E-state index in [1.165, 1.54) is 25.8 Å². The Morgan fingerprint density at radius 1 is 1.39 bits per heavy atom. The highest BCUT2D eigenvalue weighted by Crippen LogP contribution is 2.46. The van der Waals surface area contributed by atoms with Crippen LogP contribution in [0.15, 0.2) is 49.7 Å². The smallest absolute Gasteiger partial charge is 0.338 e. The number of ketones is 1. The number of amidine groups is 1. The normalized spacial score (nSPS) is 20.6. The average Bonchev–Trinajstić information content (AvgIpc) is 3.13. The number of hydrogen-bond acceptors (Lipinski definition) is 7. The van der Waals surface area contributed by atoms with E-state index in [4.69, 9.17) is 9.15 Å². The predicted octanol–water partition coefficient (Wildman–Crippen LogP) is 3.01. The lowest BCUT2D eigenvalue weighted by atomic mass is 9.99. The van der Waals surface area contributed by atoms with Gasteiger partial charge in [0, 0.05) is 5.70 Å². The first-order chi connectivity index (χ1) is 11.0. The molecule has 6 nitrogen and oxygen atoms in total. The van der Waals surface area contributed by atoms with E-state index in [0.29, 0.717) is 27.1 Å². The fraction of sp³-hybridized carbons (Fsp3) is 0.312. The van der Waals surface area contributed by atoms with Crippen LogP contribution in [0.4, 0.5) is 0 Å².